The molecule has 23 heavy (non-hydrogen) atoms. The van der Waals surface area contributed by atoms with Crippen molar-refractivity contribution in [3.8, 4) is 0 Å². The smallest absolute Gasteiger partial charge is 0.317 e. The lowest BCUT2D eigenvalue weighted by Gasteiger charge is -2.38. The lowest BCUT2D eigenvalue weighted by atomic mass is 10.0. The molecule has 8 heteroatoms. The molecule has 1 aromatic rings. The standard InChI is InChI=1S/C15H22N4O4/c1-10-12(11(2)23-17-10)6-16-14(21)19-5-4-15(9-19)8-18(3)13(20)7-22-15/h4-9H2,1-3H3,(H,16,21)/t15-/m1/s1. The first-order chi connectivity index (χ1) is 10.9. The molecule has 126 valence electrons. The van der Waals surface area contributed by atoms with Gasteiger partial charge in [0.25, 0.3) is 0 Å². The molecule has 1 spiro atoms. The Bertz CT molecular complexity index is 609. The Kier molecular flexibility index (Phi) is 4.01. The summed E-state index contributed by atoms with van der Waals surface area (Å²) in [5, 5.41) is 6.78. The number of carbonyl (C=O) groups excluding carboxylic acids is 2. The summed E-state index contributed by atoms with van der Waals surface area (Å²) in [5.41, 5.74) is 1.27. The second-order valence-corrected chi connectivity index (χ2v) is 6.35. The molecule has 2 saturated heterocycles. The first kappa shape index (κ1) is 15.8. The van der Waals surface area contributed by atoms with Crippen molar-refractivity contribution < 1.29 is 18.8 Å². The van der Waals surface area contributed by atoms with Gasteiger partial charge in [0.2, 0.25) is 5.91 Å². The number of carbonyl (C=O) groups is 2. The maximum Gasteiger partial charge on any atom is 0.317 e. The van der Waals surface area contributed by atoms with Gasteiger partial charge in [-0.3, -0.25) is 4.79 Å². The van der Waals surface area contributed by atoms with Crippen molar-refractivity contribution in [3.63, 3.8) is 0 Å². The molecular formula is C15H22N4O4. The Morgan fingerprint density at radius 3 is 2.83 bits per heavy atom. The van der Waals surface area contributed by atoms with Gasteiger partial charge in [0, 0.05) is 25.7 Å². The van der Waals surface area contributed by atoms with Gasteiger partial charge in [-0.25, -0.2) is 4.79 Å². The predicted octanol–water partition coefficient (Wildman–Crippen LogP) is 0.434. The van der Waals surface area contributed by atoms with Crippen LogP contribution in [0.25, 0.3) is 0 Å². The second kappa shape index (κ2) is 5.84. The normalized spacial score (nSPS) is 24.6. The van der Waals surface area contributed by atoms with E-state index in [-0.39, 0.29) is 18.5 Å². The van der Waals surface area contributed by atoms with Crippen LogP contribution >= 0.6 is 0 Å². The predicted molar refractivity (Wildman–Crippen MR) is 80.7 cm³/mol. The van der Waals surface area contributed by atoms with Gasteiger partial charge in [0.1, 0.15) is 18.0 Å². The van der Waals surface area contributed by atoms with E-state index in [1.165, 1.54) is 0 Å². The average molecular weight is 322 g/mol. The molecule has 1 N–H and O–H groups in total. The van der Waals surface area contributed by atoms with E-state index in [2.05, 4.69) is 10.5 Å². The number of hydrogen-bond acceptors (Lipinski definition) is 5. The Balaban J connectivity index is 1.56. The summed E-state index contributed by atoms with van der Waals surface area (Å²) in [6.45, 7) is 5.81. The molecular weight excluding hydrogens is 300 g/mol. The summed E-state index contributed by atoms with van der Waals surface area (Å²) in [7, 11) is 1.77. The van der Waals surface area contributed by atoms with Crippen LogP contribution in [0, 0.1) is 13.8 Å². The van der Waals surface area contributed by atoms with Crippen LogP contribution < -0.4 is 5.32 Å². The first-order valence-electron chi connectivity index (χ1n) is 7.73. The summed E-state index contributed by atoms with van der Waals surface area (Å²) in [6.07, 6.45) is 0.739. The maximum atomic E-state index is 12.4. The van der Waals surface area contributed by atoms with Gasteiger partial charge >= 0.3 is 6.03 Å². The Labute approximate surface area is 134 Å². The fourth-order valence-corrected chi connectivity index (χ4v) is 3.19. The Morgan fingerprint density at radius 1 is 1.39 bits per heavy atom. The largest absolute Gasteiger partial charge is 0.361 e. The fourth-order valence-electron chi connectivity index (χ4n) is 3.19. The van der Waals surface area contributed by atoms with E-state index in [4.69, 9.17) is 9.26 Å². The first-order valence-corrected chi connectivity index (χ1v) is 7.73. The van der Waals surface area contributed by atoms with E-state index in [0.29, 0.717) is 26.2 Å². The van der Waals surface area contributed by atoms with Gasteiger partial charge in [0.05, 0.1) is 18.8 Å². The van der Waals surface area contributed by atoms with E-state index < -0.39 is 5.60 Å². The highest BCUT2D eigenvalue weighted by molar-refractivity contribution is 5.78. The van der Waals surface area contributed by atoms with Gasteiger partial charge in [-0.15, -0.1) is 0 Å². The molecule has 3 amide bonds. The molecule has 2 aliphatic heterocycles. The Hall–Kier alpha value is -2.09. The molecule has 3 rings (SSSR count). The number of nitrogens with one attached hydrogen (secondary N) is 1. The number of amides is 3. The lowest BCUT2D eigenvalue weighted by molar-refractivity contribution is -0.158. The molecule has 0 unspecified atom stereocenters. The molecule has 0 saturated carbocycles. The molecule has 8 nitrogen and oxygen atoms in total. The van der Waals surface area contributed by atoms with Crippen LogP contribution in [0.5, 0.6) is 0 Å². The van der Waals surface area contributed by atoms with Gasteiger partial charge < -0.3 is 24.4 Å². The Morgan fingerprint density at radius 2 is 2.17 bits per heavy atom. The summed E-state index contributed by atoms with van der Waals surface area (Å²) in [4.78, 5) is 27.3. The summed E-state index contributed by atoms with van der Waals surface area (Å²) < 4.78 is 10.8. The molecule has 0 bridgehead atoms. The minimum absolute atomic E-state index is 0.0167. The number of urea groups is 1. The number of nitrogens with zero attached hydrogens (tertiary/aromatic N) is 3. The molecule has 1 atom stereocenters. The second-order valence-electron chi connectivity index (χ2n) is 6.35. The molecule has 2 fully saturated rings. The molecule has 0 aliphatic carbocycles. The van der Waals surface area contributed by atoms with Gasteiger partial charge in [-0.2, -0.15) is 0 Å². The zero-order valence-electron chi connectivity index (χ0n) is 13.7. The number of aryl methyl sites for hydroxylation is 2. The third-order valence-electron chi connectivity index (χ3n) is 4.65. The topological polar surface area (TPSA) is 87.9 Å². The van der Waals surface area contributed by atoms with E-state index in [1.807, 2.05) is 13.8 Å². The third-order valence-corrected chi connectivity index (χ3v) is 4.65. The van der Waals surface area contributed by atoms with Crippen LogP contribution in [0.1, 0.15) is 23.4 Å². The summed E-state index contributed by atoms with van der Waals surface area (Å²) in [6, 6.07) is -0.134. The van der Waals surface area contributed by atoms with E-state index in [1.54, 1.807) is 16.8 Å². The molecule has 2 aliphatic rings. The summed E-state index contributed by atoms with van der Waals surface area (Å²) in [5.74, 6) is 0.702. The van der Waals surface area contributed by atoms with Crippen molar-refractivity contribution in [1.82, 2.24) is 20.3 Å². The number of hydrogen-bond donors (Lipinski definition) is 1. The van der Waals surface area contributed by atoms with E-state index in [9.17, 15) is 9.59 Å². The van der Waals surface area contributed by atoms with Crippen LogP contribution in [0.15, 0.2) is 4.52 Å². The van der Waals surface area contributed by atoms with Crippen molar-refractivity contribution in [1.29, 1.82) is 0 Å². The monoisotopic (exact) mass is 322 g/mol. The van der Waals surface area contributed by atoms with Gasteiger partial charge in [0.15, 0.2) is 0 Å². The van der Waals surface area contributed by atoms with E-state index >= 15 is 0 Å². The van der Waals surface area contributed by atoms with Crippen molar-refractivity contribution in [2.75, 3.05) is 33.3 Å². The third kappa shape index (κ3) is 3.03. The maximum absolute atomic E-state index is 12.4. The van der Waals surface area contributed by atoms with Crippen LogP contribution in [-0.4, -0.2) is 65.8 Å². The van der Waals surface area contributed by atoms with Gasteiger partial charge in [-0.1, -0.05) is 5.16 Å². The number of aromatic nitrogens is 1. The number of rotatable bonds is 2. The quantitative estimate of drug-likeness (QED) is 0.853. The highest BCUT2D eigenvalue weighted by Gasteiger charge is 2.45. The number of ether oxygens (including phenoxy) is 1. The van der Waals surface area contributed by atoms with Crippen LogP contribution in [-0.2, 0) is 16.1 Å². The van der Waals surface area contributed by atoms with Crippen molar-refractivity contribution in [3.05, 3.63) is 17.0 Å². The van der Waals surface area contributed by atoms with Gasteiger partial charge in [-0.05, 0) is 20.3 Å². The highest BCUT2D eigenvalue weighted by Crippen LogP contribution is 2.29. The summed E-state index contributed by atoms with van der Waals surface area (Å²) >= 11 is 0. The molecule has 1 aromatic heterocycles. The van der Waals surface area contributed by atoms with Crippen LogP contribution in [0.4, 0.5) is 4.79 Å². The number of likely N-dealkylation sites (N-methyl/N-ethyl adjacent to an activating group) is 1. The zero-order chi connectivity index (χ0) is 16.6. The number of likely N-dealkylation sites (tertiary alicyclic amines) is 1. The van der Waals surface area contributed by atoms with Crippen LogP contribution in [0.3, 0.4) is 0 Å². The van der Waals surface area contributed by atoms with E-state index in [0.717, 1.165) is 23.4 Å². The highest BCUT2D eigenvalue weighted by atomic mass is 16.5. The molecule has 0 radical (unpaired) electrons. The van der Waals surface area contributed by atoms with Crippen molar-refractivity contribution >= 4 is 11.9 Å². The molecule has 3 heterocycles. The minimum atomic E-state index is -0.428. The zero-order valence-corrected chi connectivity index (χ0v) is 13.7. The molecule has 0 aromatic carbocycles. The fraction of sp³-hybridized carbons (Fsp3) is 0.667. The number of morpholine rings is 1. The SMILES string of the molecule is Cc1noc(C)c1CNC(=O)N1CC[C@@]2(CN(C)C(=O)CO2)C1. The average Bonchev–Trinajstić information content (AvgIpc) is 3.06. The van der Waals surface area contributed by atoms with Crippen molar-refractivity contribution in [2.24, 2.45) is 0 Å². The van der Waals surface area contributed by atoms with Crippen LogP contribution in [0.2, 0.25) is 0 Å². The minimum Gasteiger partial charge on any atom is -0.361 e. The van der Waals surface area contributed by atoms with Crippen molar-refractivity contribution in [2.45, 2.75) is 32.4 Å². The lowest BCUT2D eigenvalue weighted by Crippen LogP contribution is -2.55.